The summed E-state index contributed by atoms with van der Waals surface area (Å²) in [6, 6.07) is 0. The van der Waals surface area contributed by atoms with Crippen LogP contribution in [0.4, 0.5) is 0 Å². The van der Waals surface area contributed by atoms with Crippen LogP contribution in [0.3, 0.4) is 0 Å². The van der Waals surface area contributed by atoms with Crippen LogP contribution in [0.5, 0.6) is 0 Å². The van der Waals surface area contributed by atoms with Crippen molar-refractivity contribution < 1.29 is 0 Å². The van der Waals surface area contributed by atoms with Gasteiger partial charge in [-0.25, -0.2) is 4.98 Å². The van der Waals surface area contributed by atoms with Gasteiger partial charge in [0.2, 0.25) is 0 Å². The predicted octanol–water partition coefficient (Wildman–Crippen LogP) is 2.46. The minimum atomic E-state index is 0.180. The Balaban J connectivity index is 2.36. The molecule has 1 aromatic heterocycles. The van der Waals surface area contributed by atoms with E-state index in [4.69, 9.17) is 4.98 Å². The van der Waals surface area contributed by atoms with Crippen molar-refractivity contribution in [1.82, 2.24) is 10.3 Å². The molecule has 0 aliphatic carbocycles. The third kappa shape index (κ3) is 2.05. The third-order valence-electron chi connectivity index (χ3n) is 2.11. The number of thiazole rings is 1. The number of hydrogen-bond acceptors (Lipinski definition) is 3. The van der Waals surface area contributed by atoms with Crippen molar-refractivity contribution in [2.45, 2.75) is 30.2 Å². The normalized spacial score (nSPS) is 17.2. The molecule has 1 aliphatic heterocycles. The number of rotatable bonds is 1. The second kappa shape index (κ2) is 3.47. The maximum Gasteiger partial charge on any atom is 0.109 e. The van der Waals surface area contributed by atoms with Crippen molar-refractivity contribution in [2.75, 3.05) is 6.54 Å². The van der Waals surface area contributed by atoms with Crippen LogP contribution in [0.2, 0.25) is 0 Å². The summed E-state index contributed by atoms with van der Waals surface area (Å²) in [5.74, 6) is 0. The topological polar surface area (TPSA) is 24.9 Å². The molecule has 0 saturated heterocycles. The Morgan fingerprint density at radius 1 is 1.54 bits per heavy atom. The molecule has 0 atom stereocenters. The Kier molecular flexibility index (Phi) is 2.63. The first-order valence-corrected chi connectivity index (χ1v) is 6.35. The van der Waals surface area contributed by atoms with Crippen LogP contribution in [0, 0.1) is 0 Å². The summed E-state index contributed by atoms with van der Waals surface area (Å²) in [7, 11) is 0. The van der Waals surface area contributed by atoms with E-state index in [9.17, 15) is 0 Å². The number of alkyl halides is 1. The highest BCUT2D eigenvalue weighted by molar-refractivity contribution is 14.1. The van der Waals surface area contributed by atoms with Crippen LogP contribution in [0.1, 0.15) is 29.4 Å². The zero-order valence-corrected chi connectivity index (χ0v) is 10.8. The molecular formula is C9H13IN2S. The molecule has 0 aromatic carbocycles. The van der Waals surface area contributed by atoms with E-state index in [1.165, 1.54) is 15.6 Å². The largest absolute Gasteiger partial charge is 0.311 e. The van der Waals surface area contributed by atoms with Gasteiger partial charge in [-0.05, 0) is 13.8 Å². The van der Waals surface area contributed by atoms with E-state index in [0.717, 1.165) is 19.5 Å². The lowest BCUT2D eigenvalue weighted by Crippen LogP contribution is -2.22. The highest BCUT2D eigenvalue weighted by atomic mass is 127. The summed E-state index contributed by atoms with van der Waals surface area (Å²) in [6.45, 7) is 6.52. The minimum Gasteiger partial charge on any atom is -0.311 e. The van der Waals surface area contributed by atoms with Crippen LogP contribution in [-0.4, -0.2) is 11.5 Å². The standard InChI is InChI=1S/C9H13IN2S/c1-9(2,10)8-12-6-3-4-11-5-7(6)13-8/h11H,3-5H2,1-2H3. The number of hydrogen-bond donors (Lipinski definition) is 1. The van der Waals surface area contributed by atoms with Gasteiger partial charge in [0.15, 0.2) is 0 Å². The Morgan fingerprint density at radius 2 is 2.31 bits per heavy atom. The lowest BCUT2D eigenvalue weighted by atomic mass is 10.2. The van der Waals surface area contributed by atoms with Gasteiger partial charge in [-0.3, -0.25) is 0 Å². The van der Waals surface area contributed by atoms with E-state index in [2.05, 4.69) is 41.8 Å². The molecule has 0 amide bonds. The highest BCUT2D eigenvalue weighted by Crippen LogP contribution is 2.35. The SMILES string of the molecule is CC(C)(I)c1nc2c(s1)CNCC2. The molecule has 2 rings (SSSR count). The van der Waals surface area contributed by atoms with Gasteiger partial charge in [0, 0.05) is 24.4 Å². The number of nitrogens with zero attached hydrogens (tertiary/aromatic N) is 1. The molecule has 1 N–H and O–H groups in total. The Labute approximate surface area is 96.3 Å². The van der Waals surface area contributed by atoms with Crippen LogP contribution in [0.15, 0.2) is 0 Å². The van der Waals surface area contributed by atoms with Gasteiger partial charge in [0.05, 0.1) is 9.12 Å². The van der Waals surface area contributed by atoms with E-state index >= 15 is 0 Å². The molecule has 0 radical (unpaired) electrons. The molecule has 13 heavy (non-hydrogen) atoms. The average Bonchev–Trinajstić information content (AvgIpc) is 2.45. The van der Waals surface area contributed by atoms with Crippen LogP contribution >= 0.6 is 33.9 Å². The van der Waals surface area contributed by atoms with Crippen LogP contribution < -0.4 is 5.32 Å². The molecule has 0 fully saturated rings. The smallest absolute Gasteiger partial charge is 0.109 e. The van der Waals surface area contributed by atoms with Gasteiger partial charge in [-0.15, -0.1) is 11.3 Å². The molecule has 1 aromatic rings. The van der Waals surface area contributed by atoms with Crippen LogP contribution in [0.25, 0.3) is 0 Å². The summed E-state index contributed by atoms with van der Waals surface area (Å²) in [5.41, 5.74) is 1.32. The molecule has 0 unspecified atom stereocenters. The van der Waals surface area contributed by atoms with Gasteiger partial charge in [-0.2, -0.15) is 0 Å². The number of aromatic nitrogens is 1. The quantitative estimate of drug-likeness (QED) is 0.637. The van der Waals surface area contributed by atoms with Gasteiger partial charge in [0.1, 0.15) is 5.01 Å². The first-order valence-electron chi connectivity index (χ1n) is 4.46. The molecule has 0 spiro atoms. The van der Waals surface area contributed by atoms with Crippen molar-refractivity contribution in [3.05, 3.63) is 15.6 Å². The van der Waals surface area contributed by atoms with E-state index < -0.39 is 0 Å². The minimum absolute atomic E-state index is 0.180. The van der Waals surface area contributed by atoms with E-state index in [1.54, 1.807) is 0 Å². The molecule has 1 aliphatic rings. The second-order valence-corrected chi connectivity index (χ2v) is 7.57. The molecule has 2 heterocycles. The second-order valence-electron chi connectivity index (χ2n) is 3.79. The molecule has 4 heteroatoms. The van der Waals surface area contributed by atoms with Crippen molar-refractivity contribution in [2.24, 2.45) is 0 Å². The summed E-state index contributed by atoms with van der Waals surface area (Å²) in [6.07, 6.45) is 1.10. The zero-order chi connectivity index (χ0) is 9.47. The van der Waals surface area contributed by atoms with E-state index in [1.807, 2.05) is 11.3 Å². The molecule has 0 bridgehead atoms. The fourth-order valence-electron chi connectivity index (χ4n) is 1.38. The number of fused-ring (bicyclic) bond motifs is 1. The summed E-state index contributed by atoms with van der Waals surface area (Å²) in [5, 5.41) is 4.64. The monoisotopic (exact) mass is 308 g/mol. The van der Waals surface area contributed by atoms with Crippen molar-refractivity contribution in [1.29, 1.82) is 0 Å². The van der Waals surface area contributed by atoms with Gasteiger partial charge >= 0.3 is 0 Å². The zero-order valence-electron chi connectivity index (χ0n) is 7.85. The fourth-order valence-corrected chi connectivity index (χ4v) is 2.90. The molecule has 2 nitrogen and oxygen atoms in total. The number of halogens is 1. The Hall–Kier alpha value is 0.320. The third-order valence-corrected chi connectivity index (χ3v) is 4.41. The summed E-state index contributed by atoms with van der Waals surface area (Å²) in [4.78, 5) is 6.13. The Morgan fingerprint density at radius 3 is 2.92 bits per heavy atom. The lowest BCUT2D eigenvalue weighted by molar-refractivity contribution is 0.641. The maximum atomic E-state index is 4.69. The van der Waals surface area contributed by atoms with Gasteiger partial charge in [-0.1, -0.05) is 22.6 Å². The molecule has 0 saturated carbocycles. The van der Waals surface area contributed by atoms with Crippen molar-refractivity contribution >= 4 is 33.9 Å². The highest BCUT2D eigenvalue weighted by Gasteiger charge is 2.23. The Bertz CT molecular complexity index is 290. The van der Waals surface area contributed by atoms with Crippen molar-refractivity contribution in [3.8, 4) is 0 Å². The predicted molar refractivity (Wildman–Crippen MR) is 64.6 cm³/mol. The first-order chi connectivity index (χ1) is 6.07. The molecular weight excluding hydrogens is 295 g/mol. The number of nitrogens with one attached hydrogen (secondary N) is 1. The molecule has 72 valence electrons. The van der Waals surface area contributed by atoms with E-state index in [-0.39, 0.29) is 3.42 Å². The van der Waals surface area contributed by atoms with E-state index in [0.29, 0.717) is 0 Å². The summed E-state index contributed by atoms with van der Waals surface area (Å²) < 4.78 is 0.180. The lowest BCUT2D eigenvalue weighted by Gasteiger charge is -2.11. The van der Waals surface area contributed by atoms with Crippen LogP contribution in [-0.2, 0) is 16.4 Å². The van der Waals surface area contributed by atoms with Gasteiger partial charge < -0.3 is 5.32 Å². The first kappa shape index (κ1) is 9.86. The van der Waals surface area contributed by atoms with Gasteiger partial charge in [0.25, 0.3) is 0 Å². The van der Waals surface area contributed by atoms with Crippen molar-refractivity contribution in [3.63, 3.8) is 0 Å². The average molecular weight is 308 g/mol. The summed E-state index contributed by atoms with van der Waals surface area (Å²) >= 11 is 4.31. The fraction of sp³-hybridized carbons (Fsp3) is 0.667. The maximum absolute atomic E-state index is 4.69.